The highest BCUT2D eigenvalue weighted by Gasteiger charge is 2.56. The highest BCUT2D eigenvalue weighted by Crippen LogP contribution is 2.55. The van der Waals surface area contributed by atoms with Gasteiger partial charge >= 0.3 is 0 Å². The summed E-state index contributed by atoms with van der Waals surface area (Å²) in [6.07, 6.45) is 5.72. The third kappa shape index (κ3) is 3.62. The fraction of sp³-hybridized carbons (Fsp3) is 0.273. The standard InChI is InChI=1S/C33H29NO5/c1-5-19-6-8-21(9-7-19)34-32(38)23-11-10-22-24(28(23)33(34)39)15-25-26(35)14-18(4)31(37)29(25)27(22)20-12-16(2)30(36)17(3)13-20/h5-10,12-14,23-24,27-28,36H,1,11,15H2,2-4H3. The first-order valence-corrected chi connectivity index (χ1v) is 13.2. The number of phenols is 1. The van der Waals surface area contributed by atoms with Gasteiger partial charge in [-0.2, -0.15) is 0 Å². The maximum atomic E-state index is 14.0. The number of aryl methyl sites for hydroxylation is 2. The van der Waals surface area contributed by atoms with Gasteiger partial charge in [0.15, 0.2) is 11.6 Å². The first-order chi connectivity index (χ1) is 18.6. The molecule has 2 aromatic rings. The molecule has 4 unspecified atom stereocenters. The molecule has 6 heteroatoms. The molecule has 6 nitrogen and oxygen atoms in total. The predicted octanol–water partition coefficient (Wildman–Crippen LogP) is 5.29. The number of imide groups is 1. The smallest absolute Gasteiger partial charge is 0.238 e. The van der Waals surface area contributed by atoms with Gasteiger partial charge in [0, 0.05) is 22.6 Å². The second-order valence-electron chi connectivity index (χ2n) is 11.0. The summed E-state index contributed by atoms with van der Waals surface area (Å²) in [6.45, 7) is 9.03. The van der Waals surface area contributed by atoms with Crippen LogP contribution in [0, 0.1) is 31.6 Å². The molecule has 2 amide bonds. The molecule has 2 aromatic carbocycles. The zero-order valence-electron chi connectivity index (χ0n) is 22.2. The first kappa shape index (κ1) is 25.0. The summed E-state index contributed by atoms with van der Waals surface area (Å²) >= 11 is 0. The fourth-order valence-electron chi connectivity index (χ4n) is 6.91. The molecule has 0 saturated carbocycles. The lowest BCUT2D eigenvalue weighted by molar-refractivity contribution is -0.123. The second-order valence-corrected chi connectivity index (χ2v) is 11.0. The van der Waals surface area contributed by atoms with E-state index in [1.54, 1.807) is 39.0 Å². The Balaban J connectivity index is 1.49. The largest absolute Gasteiger partial charge is 0.507 e. The van der Waals surface area contributed by atoms with Crippen molar-refractivity contribution >= 4 is 35.1 Å². The van der Waals surface area contributed by atoms with Crippen molar-refractivity contribution in [3.05, 3.63) is 99.7 Å². The van der Waals surface area contributed by atoms with Gasteiger partial charge in [0.1, 0.15) is 5.75 Å². The number of ketones is 2. The molecule has 196 valence electrons. The van der Waals surface area contributed by atoms with Crippen molar-refractivity contribution in [2.24, 2.45) is 17.8 Å². The highest BCUT2D eigenvalue weighted by atomic mass is 16.3. The second kappa shape index (κ2) is 8.87. The number of benzene rings is 2. The van der Waals surface area contributed by atoms with Gasteiger partial charge in [0.05, 0.1) is 17.5 Å². The maximum Gasteiger partial charge on any atom is 0.238 e. The Kier molecular flexibility index (Phi) is 5.68. The van der Waals surface area contributed by atoms with Crippen LogP contribution < -0.4 is 4.90 Å². The summed E-state index contributed by atoms with van der Waals surface area (Å²) in [5, 5.41) is 10.4. The molecule has 1 saturated heterocycles. The molecule has 1 fully saturated rings. The molecule has 1 aliphatic heterocycles. The van der Waals surface area contributed by atoms with Crippen molar-refractivity contribution in [2.45, 2.75) is 39.5 Å². The lowest BCUT2D eigenvalue weighted by Crippen LogP contribution is -2.39. The predicted molar refractivity (Wildman–Crippen MR) is 148 cm³/mol. The highest BCUT2D eigenvalue weighted by molar-refractivity contribution is 6.25. The summed E-state index contributed by atoms with van der Waals surface area (Å²) in [5.74, 6) is -2.76. The number of amides is 2. The van der Waals surface area contributed by atoms with Gasteiger partial charge in [-0.25, -0.2) is 0 Å². The van der Waals surface area contributed by atoms with Crippen LogP contribution in [0.25, 0.3) is 6.08 Å². The molecule has 39 heavy (non-hydrogen) atoms. The van der Waals surface area contributed by atoms with E-state index in [1.165, 1.54) is 11.0 Å². The van der Waals surface area contributed by atoms with Gasteiger partial charge in [-0.1, -0.05) is 48.6 Å². The number of hydrogen-bond donors (Lipinski definition) is 1. The van der Waals surface area contributed by atoms with E-state index in [9.17, 15) is 24.3 Å². The van der Waals surface area contributed by atoms with Crippen LogP contribution in [0.3, 0.4) is 0 Å². The van der Waals surface area contributed by atoms with Gasteiger partial charge in [-0.3, -0.25) is 24.1 Å². The van der Waals surface area contributed by atoms with E-state index in [0.717, 1.165) is 16.7 Å². The number of allylic oxidation sites excluding steroid dienone is 6. The summed E-state index contributed by atoms with van der Waals surface area (Å²) in [4.78, 5) is 55.7. The van der Waals surface area contributed by atoms with Crippen LogP contribution in [0.1, 0.15) is 47.9 Å². The van der Waals surface area contributed by atoms with Gasteiger partial charge < -0.3 is 5.11 Å². The van der Waals surface area contributed by atoms with E-state index in [1.807, 2.05) is 30.3 Å². The number of nitrogens with zero attached hydrogens (tertiary/aromatic N) is 1. The summed E-state index contributed by atoms with van der Waals surface area (Å²) in [5.41, 5.74) is 5.73. The van der Waals surface area contributed by atoms with Crippen LogP contribution in [-0.2, 0) is 19.2 Å². The number of carbonyl (C=O) groups is 4. The van der Waals surface area contributed by atoms with Crippen molar-refractivity contribution in [1.29, 1.82) is 0 Å². The molecular formula is C33H29NO5. The van der Waals surface area contributed by atoms with Crippen molar-refractivity contribution < 1.29 is 24.3 Å². The Morgan fingerprint density at radius 1 is 0.949 bits per heavy atom. The van der Waals surface area contributed by atoms with Crippen molar-refractivity contribution in [2.75, 3.05) is 4.90 Å². The third-order valence-electron chi connectivity index (χ3n) is 8.80. The summed E-state index contributed by atoms with van der Waals surface area (Å²) < 4.78 is 0. The molecular weight excluding hydrogens is 490 g/mol. The normalized spacial score (nSPS) is 26.2. The molecule has 0 bridgehead atoms. The molecule has 0 aromatic heterocycles. The van der Waals surface area contributed by atoms with Crippen LogP contribution in [0.2, 0.25) is 0 Å². The zero-order chi connectivity index (χ0) is 27.7. The molecule has 6 rings (SSSR count). The first-order valence-electron chi connectivity index (χ1n) is 13.2. The molecule has 0 radical (unpaired) electrons. The Morgan fingerprint density at radius 2 is 1.62 bits per heavy atom. The Labute approximate surface area is 227 Å². The van der Waals surface area contributed by atoms with Crippen molar-refractivity contribution in [1.82, 2.24) is 0 Å². The minimum Gasteiger partial charge on any atom is -0.507 e. The lowest BCUT2D eigenvalue weighted by Gasteiger charge is -2.42. The lowest BCUT2D eigenvalue weighted by atomic mass is 9.59. The number of fused-ring (bicyclic) bond motifs is 3. The minimum absolute atomic E-state index is 0.169. The average molecular weight is 520 g/mol. The van der Waals surface area contributed by atoms with E-state index < -0.39 is 17.8 Å². The van der Waals surface area contributed by atoms with E-state index >= 15 is 0 Å². The molecule has 0 spiro atoms. The summed E-state index contributed by atoms with van der Waals surface area (Å²) in [7, 11) is 0. The Hall–Kier alpha value is -4.32. The Morgan fingerprint density at radius 3 is 2.26 bits per heavy atom. The van der Waals surface area contributed by atoms with Crippen LogP contribution in [0.5, 0.6) is 5.75 Å². The molecule has 1 heterocycles. The molecule has 4 aliphatic rings. The van der Waals surface area contributed by atoms with Crippen LogP contribution in [0.4, 0.5) is 5.69 Å². The third-order valence-corrected chi connectivity index (χ3v) is 8.80. The number of carbonyl (C=O) groups excluding carboxylic acids is 4. The van der Waals surface area contributed by atoms with Crippen molar-refractivity contribution in [3.63, 3.8) is 0 Å². The number of hydrogen-bond acceptors (Lipinski definition) is 5. The van der Waals surface area contributed by atoms with Crippen LogP contribution in [0.15, 0.2) is 77.4 Å². The fourth-order valence-corrected chi connectivity index (χ4v) is 6.91. The van der Waals surface area contributed by atoms with Gasteiger partial charge in [0.25, 0.3) is 0 Å². The van der Waals surface area contributed by atoms with Gasteiger partial charge in [-0.05, 0) is 80.0 Å². The number of phenolic OH excluding ortho intramolecular Hbond substituents is 1. The average Bonchev–Trinajstić information content (AvgIpc) is 3.18. The topological polar surface area (TPSA) is 91.8 Å². The number of rotatable bonds is 3. The number of aromatic hydroxyl groups is 1. The monoisotopic (exact) mass is 519 g/mol. The zero-order valence-corrected chi connectivity index (χ0v) is 22.2. The molecule has 4 atom stereocenters. The van der Waals surface area contributed by atoms with E-state index in [2.05, 4.69) is 6.58 Å². The van der Waals surface area contributed by atoms with E-state index in [0.29, 0.717) is 40.0 Å². The van der Waals surface area contributed by atoms with Crippen LogP contribution >= 0.6 is 0 Å². The van der Waals surface area contributed by atoms with Crippen molar-refractivity contribution in [3.8, 4) is 5.75 Å². The summed E-state index contributed by atoms with van der Waals surface area (Å²) in [6, 6.07) is 10.8. The Bertz CT molecular complexity index is 1580. The SMILES string of the molecule is C=Cc1ccc(N2C(=O)C3CC=C4C(c5cc(C)c(O)c(C)c5)C5=C(CC4C3C2=O)C(=O)C=C(C)C5=O)cc1. The van der Waals surface area contributed by atoms with E-state index in [-0.39, 0.29) is 41.5 Å². The van der Waals surface area contributed by atoms with E-state index in [4.69, 9.17) is 0 Å². The minimum atomic E-state index is -0.623. The van der Waals surface area contributed by atoms with Gasteiger partial charge in [-0.15, -0.1) is 0 Å². The molecule has 1 N–H and O–H groups in total. The number of Topliss-reactive ketones (excluding diaryl/α,β-unsaturated/α-hetero) is 1. The maximum absolute atomic E-state index is 14.0. The number of anilines is 1. The quantitative estimate of drug-likeness (QED) is 0.338. The van der Waals surface area contributed by atoms with Gasteiger partial charge in [0.2, 0.25) is 11.8 Å². The van der Waals surface area contributed by atoms with Crippen LogP contribution in [-0.4, -0.2) is 28.5 Å². The molecule has 3 aliphatic carbocycles.